The molecule has 0 aliphatic carbocycles. The normalized spacial score (nSPS) is 30.8. The van der Waals surface area contributed by atoms with Crippen molar-refractivity contribution in [1.29, 1.82) is 0 Å². The molecular formula is C18H32N4O2. The van der Waals surface area contributed by atoms with Gasteiger partial charge in [-0.1, -0.05) is 0 Å². The van der Waals surface area contributed by atoms with Crippen LogP contribution in [0.15, 0.2) is 12.4 Å². The van der Waals surface area contributed by atoms with Gasteiger partial charge in [0.25, 0.3) is 0 Å². The fourth-order valence-electron chi connectivity index (χ4n) is 4.18. The molecule has 2 aliphatic rings. The lowest BCUT2D eigenvalue weighted by Gasteiger charge is -2.37. The Balaban J connectivity index is 1.48. The topological polar surface area (TPSA) is 53.8 Å². The molecular weight excluding hydrogens is 304 g/mol. The van der Waals surface area contributed by atoms with E-state index < -0.39 is 0 Å². The molecule has 6 nitrogen and oxygen atoms in total. The predicted octanol–water partition coefficient (Wildman–Crippen LogP) is 1.13. The maximum absolute atomic E-state index is 10.6. The molecule has 136 valence electrons. The number of aliphatic hydroxyl groups is 1. The van der Waals surface area contributed by atoms with E-state index in [1.54, 1.807) is 0 Å². The van der Waals surface area contributed by atoms with E-state index in [4.69, 9.17) is 4.74 Å². The van der Waals surface area contributed by atoms with Gasteiger partial charge in [0.05, 0.1) is 31.1 Å². The summed E-state index contributed by atoms with van der Waals surface area (Å²) in [6, 6.07) is 0.487. The highest BCUT2D eigenvalue weighted by molar-refractivity contribution is 5.00. The van der Waals surface area contributed by atoms with Gasteiger partial charge in [0.2, 0.25) is 0 Å². The van der Waals surface area contributed by atoms with Crippen LogP contribution in [-0.4, -0.2) is 81.8 Å². The molecule has 0 aromatic carbocycles. The highest BCUT2D eigenvalue weighted by atomic mass is 16.5. The zero-order valence-electron chi connectivity index (χ0n) is 15.3. The van der Waals surface area contributed by atoms with E-state index in [-0.39, 0.29) is 18.3 Å². The summed E-state index contributed by atoms with van der Waals surface area (Å²) in [5.74, 6) is 0. The lowest BCUT2D eigenvalue weighted by molar-refractivity contribution is -0.0782. The van der Waals surface area contributed by atoms with Crippen LogP contribution < -0.4 is 0 Å². The summed E-state index contributed by atoms with van der Waals surface area (Å²) in [6.07, 6.45) is 6.62. The number of hydrogen-bond donors (Lipinski definition) is 1. The van der Waals surface area contributed by atoms with Crippen LogP contribution in [0.5, 0.6) is 0 Å². The molecule has 3 rings (SSSR count). The molecule has 4 atom stereocenters. The van der Waals surface area contributed by atoms with Gasteiger partial charge in [-0.05, 0) is 45.7 Å². The quantitative estimate of drug-likeness (QED) is 0.844. The Morgan fingerprint density at radius 1 is 1.29 bits per heavy atom. The van der Waals surface area contributed by atoms with Crippen molar-refractivity contribution in [3.63, 3.8) is 0 Å². The average Bonchev–Trinajstić information content (AvgIpc) is 3.08. The van der Waals surface area contributed by atoms with Crippen LogP contribution in [0.4, 0.5) is 0 Å². The van der Waals surface area contributed by atoms with Crippen LogP contribution in [0.2, 0.25) is 0 Å². The molecule has 24 heavy (non-hydrogen) atoms. The largest absolute Gasteiger partial charge is 0.390 e. The van der Waals surface area contributed by atoms with Gasteiger partial charge in [0.15, 0.2) is 0 Å². The zero-order valence-corrected chi connectivity index (χ0v) is 15.3. The average molecular weight is 336 g/mol. The number of aryl methyl sites for hydroxylation is 1. The first-order valence-electron chi connectivity index (χ1n) is 9.28. The second kappa shape index (κ2) is 7.95. The predicted molar refractivity (Wildman–Crippen MR) is 94.0 cm³/mol. The number of β-amino-alcohol motifs (C(OH)–C–C–N with tert-alkyl or cyclic N) is 1. The number of ether oxygens (including phenoxy) is 1. The molecule has 1 N–H and O–H groups in total. The fraction of sp³-hybridized carbons (Fsp3) is 0.833. The lowest BCUT2D eigenvalue weighted by atomic mass is 10.2. The third kappa shape index (κ3) is 4.79. The summed E-state index contributed by atoms with van der Waals surface area (Å²) in [5.41, 5.74) is 1.20. The van der Waals surface area contributed by atoms with E-state index >= 15 is 0 Å². The van der Waals surface area contributed by atoms with Crippen molar-refractivity contribution >= 4 is 0 Å². The van der Waals surface area contributed by atoms with Crippen LogP contribution in [-0.2, 0) is 11.3 Å². The number of aliphatic hydroxyl groups excluding tert-OH is 1. The molecule has 0 radical (unpaired) electrons. The molecule has 2 fully saturated rings. The Morgan fingerprint density at radius 2 is 2.04 bits per heavy atom. The van der Waals surface area contributed by atoms with Crippen LogP contribution in [0.3, 0.4) is 0 Å². The maximum atomic E-state index is 10.6. The van der Waals surface area contributed by atoms with Crippen molar-refractivity contribution in [2.75, 3.05) is 32.7 Å². The van der Waals surface area contributed by atoms with E-state index in [1.807, 2.05) is 10.9 Å². The first-order valence-corrected chi connectivity index (χ1v) is 9.28. The summed E-state index contributed by atoms with van der Waals surface area (Å²) in [4.78, 5) is 4.78. The van der Waals surface area contributed by atoms with Gasteiger partial charge in [-0.25, -0.2) is 0 Å². The van der Waals surface area contributed by atoms with Crippen molar-refractivity contribution in [3.8, 4) is 0 Å². The first-order chi connectivity index (χ1) is 11.5. The van der Waals surface area contributed by atoms with E-state index in [9.17, 15) is 5.11 Å². The van der Waals surface area contributed by atoms with E-state index in [0.717, 1.165) is 39.3 Å². The first kappa shape index (κ1) is 17.9. The van der Waals surface area contributed by atoms with Gasteiger partial charge in [0, 0.05) is 38.4 Å². The second-order valence-electron chi connectivity index (χ2n) is 7.66. The Bertz CT molecular complexity index is 511. The fourth-order valence-corrected chi connectivity index (χ4v) is 4.18. The Labute approximate surface area is 145 Å². The van der Waals surface area contributed by atoms with Gasteiger partial charge in [0.1, 0.15) is 0 Å². The van der Waals surface area contributed by atoms with Crippen molar-refractivity contribution in [2.45, 2.75) is 64.5 Å². The van der Waals surface area contributed by atoms with Crippen molar-refractivity contribution in [3.05, 3.63) is 18.0 Å². The third-order valence-electron chi connectivity index (χ3n) is 5.07. The molecule has 1 aromatic rings. The summed E-state index contributed by atoms with van der Waals surface area (Å²) < 4.78 is 7.81. The molecule has 6 heteroatoms. The summed E-state index contributed by atoms with van der Waals surface area (Å²) >= 11 is 0. The minimum atomic E-state index is -0.303. The summed E-state index contributed by atoms with van der Waals surface area (Å²) in [6.45, 7) is 11.6. The number of nitrogens with zero attached hydrogens (tertiary/aromatic N) is 4. The molecule has 3 heterocycles. The molecule has 0 spiro atoms. The minimum absolute atomic E-state index is 0.253. The molecule has 2 aliphatic heterocycles. The number of aromatic nitrogens is 2. The van der Waals surface area contributed by atoms with Crippen LogP contribution in [0.1, 0.15) is 32.3 Å². The number of likely N-dealkylation sites (tertiary alicyclic amines) is 1. The zero-order chi connectivity index (χ0) is 17.1. The Hall–Kier alpha value is -0.950. The SMILES string of the molecule is Cc1cnn(C[C@@H]2CCCN2C[C@H](O)CN2C[C@@H](C)O[C@@H](C)C2)c1. The van der Waals surface area contributed by atoms with Crippen LogP contribution in [0, 0.1) is 6.92 Å². The molecule has 0 saturated carbocycles. The molecule has 2 saturated heterocycles. The van der Waals surface area contributed by atoms with Gasteiger partial charge in [-0.3, -0.25) is 14.5 Å². The summed E-state index contributed by atoms with van der Waals surface area (Å²) in [7, 11) is 0. The van der Waals surface area contributed by atoms with Gasteiger partial charge >= 0.3 is 0 Å². The summed E-state index contributed by atoms with van der Waals surface area (Å²) in [5, 5.41) is 15.0. The molecule has 0 bridgehead atoms. The van der Waals surface area contributed by atoms with Gasteiger partial charge in [-0.15, -0.1) is 0 Å². The third-order valence-corrected chi connectivity index (χ3v) is 5.07. The highest BCUT2D eigenvalue weighted by Gasteiger charge is 2.29. The van der Waals surface area contributed by atoms with Crippen molar-refractivity contribution in [1.82, 2.24) is 19.6 Å². The minimum Gasteiger partial charge on any atom is -0.390 e. The Morgan fingerprint density at radius 3 is 2.71 bits per heavy atom. The highest BCUT2D eigenvalue weighted by Crippen LogP contribution is 2.20. The van der Waals surface area contributed by atoms with Crippen LogP contribution in [0.25, 0.3) is 0 Å². The molecule has 0 unspecified atom stereocenters. The maximum Gasteiger partial charge on any atom is 0.0793 e. The smallest absolute Gasteiger partial charge is 0.0793 e. The second-order valence-corrected chi connectivity index (χ2v) is 7.66. The van der Waals surface area contributed by atoms with E-state index in [0.29, 0.717) is 6.04 Å². The van der Waals surface area contributed by atoms with Crippen molar-refractivity contribution < 1.29 is 9.84 Å². The van der Waals surface area contributed by atoms with Crippen LogP contribution >= 0.6 is 0 Å². The van der Waals surface area contributed by atoms with Gasteiger partial charge < -0.3 is 9.84 Å². The van der Waals surface area contributed by atoms with Crippen molar-refractivity contribution in [2.24, 2.45) is 0 Å². The van der Waals surface area contributed by atoms with E-state index in [2.05, 4.69) is 41.9 Å². The lowest BCUT2D eigenvalue weighted by Crippen LogP contribution is -2.50. The number of rotatable bonds is 6. The number of morpholine rings is 1. The van der Waals surface area contributed by atoms with Gasteiger partial charge in [-0.2, -0.15) is 5.10 Å². The molecule has 0 amide bonds. The molecule has 1 aromatic heterocycles. The number of hydrogen-bond acceptors (Lipinski definition) is 5. The monoisotopic (exact) mass is 336 g/mol. The standard InChI is InChI=1S/C18H32N4O2/c1-14-7-19-22(8-14)11-17-5-4-6-21(17)13-18(23)12-20-9-15(2)24-16(3)10-20/h7-8,15-18,23H,4-6,9-13H2,1-3H3/t15-,16+,17-,18+/m0/s1. The Kier molecular flexibility index (Phi) is 5.92. The van der Waals surface area contributed by atoms with E-state index in [1.165, 1.54) is 18.4 Å².